The number of hydrogen-bond donors (Lipinski definition) is 21. The summed E-state index contributed by atoms with van der Waals surface area (Å²) in [6.45, 7) is -1.38. The molecule has 2 saturated heterocycles. The normalized spacial score (nSPS) is 19.7. The molecule has 6 atom stereocenters. The SMILES string of the molecule is C.N=C(N)NCCC[C@@H]1NC(=O)/C(=C\CCCNC(=O)C(=N)CCC(=O)NCCCC[C@@H]2NC(=O)/C(=C/c3ccc4ccccc4c3)NC(=O)[C@H](CC(=O)O)NC(=O)CNC(=O)[C@H](CCCNC(=N)N)NC2=O)NC(=O)[C@@H](Cc2ccc3ccccc3c2)NC(=O)[C@H](CC(=O)O)NC(=O)CNC1=O. The van der Waals surface area contributed by atoms with Crippen molar-refractivity contribution < 1.29 is 77.3 Å². The van der Waals surface area contributed by atoms with Crippen molar-refractivity contribution in [2.24, 2.45) is 11.5 Å². The standard InChI is InChI=1S/C67H85N19O16.CH4/c68-43(57(94)74-26-8-6-16-47-61(98)82-45(18-10-28-76-67(71)72)59(96)78-36-54(89)80-51(34-56(92)93)65(102)86-49(63(100)84-47)32-38-20-22-40-12-2-4-14-42(40)30-38)23-24-52(87)73-25-7-5-15-46-60(97)81-44(17-9-27-75-66(69)70)58(95)77-35-53(88)79-50(33-55(90)91)64(101)85-48(62(99)83-46)31-37-19-21-39-11-1-3-13-41(39)29-37;/h1-4,11-14,16,19-22,29-31,44-46,49-51,68H,5-10,15,17-18,23-28,32-36H2,(H,73,87)(H,74,94)(H,77,95)(H,78,96)(H,79,88)(H,80,89)(H,81,97)(H,82,98)(H,83,99)(H,84,100)(H,85,101)(H,86,102)(H,90,91)(H,92,93)(H4,69,70,75)(H4,71,72,76);1H4/b47-16+,48-31-,68-43?;/t44-,45-,46-,49+,50-,51-;/m0./s1. The Morgan fingerprint density at radius 3 is 1.52 bits per heavy atom. The number of allylic oxidation sites excluding steroid dienone is 1. The molecule has 2 heterocycles. The smallest absolute Gasteiger partial charge is 0.305 e. The third kappa shape index (κ3) is 28.1. The van der Waals surface area contributed by atoms with Gasteiger partial charge in [0.25, 0.3) is 17.7 Å². The molecule has 2 aliphatic rings. The number of benzene rings is 4. The van der Waals surface area contributed by atoms with E-state index in [-0.39, 0.29) is 123 Å². The predicted octanol–water partition coefficient (Wildman–Crippen LogP) is -2.04. The Morgan fingerprint density at radius 1 is 0.476 bits per heavy atom. The predicted molar refractivity (Wildman–Crippen MR) is 377 cm³/mol. The maximum Gasteiger partial charge on any atom is 0.305 e. The Balaban J connectivity index is 0.0000191. The van der Waals surface area contributed by atoms with E-state index < -0.39 is 162 Å². The minimum Gasteiger partial charge on any atom is -0.481 e. The molecule has 0 aromatic heterocycles. The number of nitrogens with one attached hydrogen (secondary N) is 17. The summed E-state index contributed by atoms with van der Waals surface area (Å²) in [5.41, 5.74) is 10.5. The number of amides is 12. The van der Waals surface area contributed by atoms with Crippen molar-refractivity contribution in [3.05, 3.63) is 114 Å². The summed E-state index contributed by atoms with van der Waals surface area (Å²) >= 11 is 0. The summed E-state index contributed by atoms with van der Waals surface area (Å²) in [5, 5.41) is 81.0. The summed E-state index contributed by atoms with van der Waals surface area (Å²) in [6.07, 6.45) is 0.384. The number of carboxylic acid groups (broad SMARTS) is 2. The zero-order valence-corrected chi connectivity index (χ0v) is 55.6. The van der Waals surface area contributed by atoms with Gasteiger partial charge < -0.3 is 96.1 Å². The van der Waals surface area contributed by atoms with E-state index in [2.05, 4.69) is 74.4 Å². The van der Waals surface area contributed by atoms with Crippen molar-refractivity contribution in [3.8, 4) is 0 Å². The van der Waals surface area contributed by atoms with E-state index in [4.69, 9.17) is 27.7 Å². The van der Waals surface area contributed by atoms with Gasteiger partial charge in [-0.25, -0.2) is 0 Å². The number of nitrogens with two attached hydrogens (primary N) is 2. The highest BCUT2D eigenvalue weighted by Crippen LogP contribution is 2.20. The molecule has 0 bridgehead atoms. The monoisotopic (exact) mass is 1430 g/mol. The van der Waals surface area contributed by atoms with Gasteiger partial charge in [-0.15, -0.1) is 0 Å². The van der Waals surface area contributed by atoms with Crippen LogP contribution in [-0.4, -0.2) is 186 Å². The Kier molecular flexibility index (Phi) is 32.6. The first-order chi connectivity index (χ1) is 48.7. The molecule has 0 spiro atoms. The van der Waals surface area contributed by atoms with Gasteiger partial charge >= 0.3 is 11.9 Å². The van der Waals surface area contributed by atoms with Crippen LogP contribution in [0.2, 0.25) is 0 Å². The van der Waals surface area contributed by atoms with Gasteiger partial charge in [0.15, 0.2) is 11.9 Å². The Labute approximate surface area is 591 Å². The lowest BCUT2D eigenvalue weighted by Crippen LogP contribution is -2.55. The molecule has 2 aliphatic heterocycles. The van der Waals surface area contributed by atoms with Crippen LogP contribution in [-0.2, 0) is 73.5 Å². The molecule has 23 N–H and O–H groups in total. The molecule has 35 heteroatoms. The second-order valence-corrected chi connectivity index (χ2v) is 23.9. The third-order valence-corrected chi connectivity index (χ3v) is 15.9. The van der Waals surface area contributed by atoms with Crippen LogP contribution in [0.3, 0.4) is 0 Å². The number of guanidine groups is 2. The molecule has 103 heavy (non-hydrogen) atoms. The maximum absolute atomic E-state index is 14.4. The van der Waals surface area contributed by atoms with Crippen molar-refractivity contribution in [2.45, 2.75) is 134 Å². The number of unbranched alkanes of at least 4 members (excludes halogenated alkanes) is 2. The minimum atomic E-state index is -1.74. The van der Waals surface area contributed by atoms with E-state index in [0.29, 0.717) is 11.1 Å². The zero-order chi connectivity index (χ0) is 74.3. The quantitative estimate of drug-likeness (QED) is 0.0126. The number of fused-ring (bicyclic) bond motifs is 2. The molecule has 0 unspecified atom stereocenters. The number of carboxylic acids is 2. The van der Waals surface area contributed by atoms with E-state index in [1.807, 2.05) is 36.4 Å². The number of aliphatic carboxylic acids is 2. The summed E-state index contributed by atoms with van der Waals surface area (Å²) < 4.78 is 0. The lowest BCUT2D eigenvalue weighted by Gasteiger charge is -2.24. The minimum absolute atomic E-state index is 0. The average Bonchev–Trinajstić information content (AvgIpc) is 1.50. The number of carbonyl (C=O) groups is 14. The fourth-order valence-electron chi connectivity index (χ4n) is 10.6. The highest BCUT2D eigenvalue weighted by Gasteiger charge is 2.34. The van der Waals surface area contributed by atoms with Gasteiger partial charge in [-0.05, 0) is 103 Å². The maximum atomic E-state index is 14.4. The van der Waals surface area contributed by atoms with E-state index in [1.54, 1.807) is 48.5 Å². The van der Waals surface area contributed by atoms with Crippen LogP contribution < -0.4 is 85.9 Å². The van der Waals surface area contributed by atoms with Gasteiger partial charge in [-0.1, -0.05) is 92.4 Å². The van der Waals surface area contributed by atoms with Gasteiger partial charge in [0.2, 0.25) is 53.2 Å². The third-order valence-electron chi connectivity index (χ3n) is 15.9. The molecule has 0 radical (unpaired) electrons. The van der Waals surface area contributed by atoms with Gasteiger partial charge in [-0.3, -0.25) is 83.4 Å². The lowest BCUT2D eigenvalue weighted by atomic mass is 10.0. The second kappa shape index (κ2) is 41.3. The number of hydrogen-bond acceptors (Lipinski definition) is 17. The lowest BCUT2D eigenvalue weighted by molar-refractivity contribution is -0.141. The van der Waals surface area contributed by atoms with E-state index in [0.717, 1.165) is 21.5 Å². The number of carbonyl (C=O) groups excluding carboxylic acids is 12. The van der Waals surface area contributed by atoms with E-state index in [9.17, 15) is 77.3 Å². The van der Waals surface area contributed by atoms with Crippen molar-refractivity contribution in [3.63, 3.8) is 0 Å². The van der Waals surface area contributed by atoms with Crippen molar-refractivity contribution in [1.82, 2.24) is 74.4 Å². The van der Waals surface area contributed by atoms with Crippen LogP contribution in [0.1, 0.15) is 102 Å². The van der Waals surface area contributed by atoms with Crippen molar-refractivity contribution in [2.75, 3.05) is 39.3 Å². The molecule has 552 valence electrons. The first kappa shape index (κ1) is 81.3. The van der Waals surface area contributed by atoms with Crippen molar-refractivity contribution in [1.29, 1.82) is 16.2 Å². The molecule has 2 fully saturated rings. The van der Waals surface area contributed by atoms with Crippen LogP contribution in [0, 0.1) is 16.2 Å². The van der Waals surface area contributed by atoms with Gasteiger partial charge in [0.05, 0.1) is 31.6 Å². The van der Waals surface area contributed by atoms with Gasteiger partial charge in [0, 0.05) is 45.4 Å². The Morgan fingerprint density at radius 2 is 0.942 bits per heavy atom. The summed E-state index contributed by atoms with van der Waals surface area (Å²) in [4.78, 5) is 188. The number of rotatable bonds is 28. The fourth-order valence-corrected chi connectivity index (χ4v) is 10.6. The molecule has 6 rings (SSSR count). The molecule has 0 saturated carbocycles. The van der Waals surface area contributed by atoms with E-state index >= 15 is 0 Å². The topological polar surface area (TPSA) is 571 Å². The van der Waals surface area contributed by atoms with Crippen LogP contribution in [0.4, 0.5) is 0 Å². The molecule has 0 aliphatic carbocycles. The zero-order valence-electron chi connectivity index (χ0n) is 55.6. The highest BCUT2D eigenvalue weighted by atomic mass is 16.4. The second-order valence-electron chi connectivity index (χ2n) is 23.9. The first-order valence-corrected chi connectivity index (χ1v) is 32.8. The first-order valence-electron chi connectivity index (χ1n) is 32.8. The molecular weight excluding hydrogens is 1340 g/mol. The largest absolute Gasteiger partial charge is 0.481 e. The van der Waals surface area contributed by atoms with Crippen LogP contribution in [0.5, 0.6) is 0 Å². The van der Waals surface area contributed by atoms with Gasteiger partial charge in [0.1, 0.15) is 47.6 Å². The van der Waals surface area contributed by atoms with E-state index in [1.165, 1.54) is 12.2 Å². The Hall–Kier alpha value is -12.3. The van der Waals surface area contributed by atoms with Gasteiger partial charge in [-0.2, -0.15) is 0 Å². The molecule has 4 aromatic rings. The molecule has 35 nitrogen and oxygen atoms in total. The Bertz CT molecular complexity index is 3920. The summed E-state index contributed by atoms with van der Waals surface area (Å²) in [7, 11) is 0. The summed E-state index contributed by atoms with van der Waals surface area (Å²) in [6, 6.07) is 15.9. The summed E-state index contributed by atoms with van der Waals surface area (Å²) in [5.74, 6) is -14.7. The molecule has 4 aromatic carbocycles. The fraction of sp³-hybridized carbons (Fsp3) is 0.397. The van der Waals surface area contributed by atoms with Crippen molar-refractivity contribution >= 4 is 128 Å². The van der Waals surface area contributed by atoms with Crippen LogP contribution >= 0.6 is 0 Å². The average molecular weight is 1430 g/mol. The van der Waals surface area contributed by atoms with Crippen LogP contribution in [0.15, 0.2) is 102 Å². The molecular formula is C68H89N19O16. The molecule has 12 amide bonds. The highest BCUT2D eigenvalue weighted by molar-refractivity contribution is 6.37. The van der Waals surface area contributed by atoms with Crippen LogP contribution in [0.25, 0.3) is 27.6 Å².